The van der Waals surface area contributed by atoms with E-state index in [2.05, 4.69) is 33.4 Å². The average Bonchev–Trinajstić information content (AvgIpc) is 2.04. The van der Waals surface area contributed by atoms with Crippen molar-refractivity contribution in [1.82, 2.24) is 5.32 Å². The summed E-state index contributed by atoms with van der Waals surface area (Å²) in [5, 5.41) is 3.27. The molecule has 64 valence electrons. The van der Waals surface area contributed by atoms with Gasteiger partial charge in [-0.1, -0.05) is 22.0 Å². The van der Waals surface area contributed by atoms with Crippen LogP contribution in [0.5, 0.6) is 0 Å². The summed E-state index contributed by atoms with van der Waals surface area (Å²) in [6.45, 7) is 1.82. The summed E-state index contributed by atoms with van der Waals surface area (Å²) in [4.78, 5) is 0. The Bertz CT molecular complexity index is 299. The van der Waals surface area contributed by atoms with Crippen LogP contribution < -0.4 is 11.1 Å². The first-order chi connectivity index (χ1) is 5.77. The van der Waals surface area contributed by atoms with E-state index in [-0.39, 0.29) is 6.04 Å². The maximum atomic E-state index is 5.92. The van der Waals surface area contributed by atoms with E-state index in [4.69, 9.17) is 5.73 Å². The molecule has 1 aliphatic heterocycles. The van der Waals surface area contributed by atoms with Gasteiger partial charge in [0.1, 0.15) is 0 Å². The highest BCUT2D eigenvalue weighted by atomic mass is 79.9. The van der Waals surface area contributed by atoms with Gasteiger partial charge in [0.2, 0.25) is 0 Å². The molecule has 0 bridgehead atoms. The molecule has 0 amide bonds. The number of nitrogens with one attached hydrogen (secondary N) is 1. The number of halogens is 1. The molecule has 0 aromatic heterocycles. The molecule has 3 heteroatoms. The third-order valence-corrected chi connectivity index (χ3v) is 2.68. The smallest absolute Gasteiger partial charge is 0.0425 e. The van der Waals surface area contributed by atoms with Crippen LogP contribution in [-0.2, 0) is 6.54 Å². The normalized spacial score (nSPS) is 22.0. The van der Waals surface area contributed by atoms with Crippen molar-refractivity contribution in [3.05, 3.63) is 33.8 Å². The molecule has 2 nitrogen and oxygen atoms in total. The predicted molar refractivity (Wildman–Crippen MR) is 52.8 cm³/mol. The fourth-order valence-electron chi connectivity index (χ4n) is 1.56. The number of nitrogens with two attached hydrogens (primary N) is 1. The molecule has 3 N–H and O–H groups in total. The first-order valence-electron chi connectivity index (χ1n) is 4.02. The lowest BCUT2D eigenvalue weighted by Crippen LogP contribution is -2.32. The van der Waals surface area contributed by atoms with Crippen molar-refractivity contribution in [1.29, 1.82) is 0 Å². The first-order valence-corrected chi connectivity index (χ1v) is 4.81. The Kier molecular flexibility index (Phi) is 2.17. The molecule has 12 heavy (non-hydrogen) atoms. The lowest BCUT2D eigenvalue weighted by Gasteiger charge is -2.23. The largest absolute Gasteiger partial charge is 0.323 e. The van der Waals surface area contributed by atoms with Gasteiger partial charge in [0.15, 0.2) is 0 Å². The van der Waals surface area contributed by atoms with Gasteiger partial charge in [-0.05, 0) is 23.3 Å². The molecule has 2 rings (SSSR count). The average molecular weight is 227 g/mol. The van der Waals surface area contributed by atoms with Gasteiger partial charge in [-0.2, -0.15) is 0 Å². The third kappa shape index (κ3) is 1.40. The zero-order valence-electron chi connectivity index (χ0n) is 6.68. The van der Waals surface area contributed by atoms with Crippen LogP contribution >= 0.6 is 15.9 Å². The summed E-state index contributed by atoms with van der Waals surface area (Å²) in [7, 11) is 0. The van der Waals surface area contributed by atoms with Gasteiger partial charge >= 0.3 is 0 Å². The molecule has 0 aliphatic carbocycles. The van der Waals surface area contributed by atoms with Crippen molar-refractivity contribution in [3.8, 4) is 0 Å². The molecule has 0 fully saturated rings. The van der Waals surface area contributed by atoms with E-state index in [9.17, 15) is 0 Å². The van der Waals surface area contributed by atoms with Gasteiger partial charge in [-0.15, -0.1) is 0 Å². The fourth-order valence-corrected chi connectivity index (χ4v) is 1.97. The lowest BCUT2D eigenvalue weighted by molar-refractivity contribution is 0.555. The first kappa shape index (κ1) is 8.23. The molecule has 0 saturated heterocycles. The molecule has 1 unspecified atom stereocenters. The molecule has 1 aliphatic rings. The monoisotopic (exact) mass is 226 g/mol. The van der Waals surface area contributed by atoms with E-state index >= 15 is 0 Å². The molecule has 1 aromatic carbocycles. The second-order valence-electron chi connectivity index (χ2n) is 3.08. The number of hydrogen-bond acceptors (Lipinski definition) is 2. The Labute approximate surface area is 80.3 Å². The summed E-state index contributed by atoms with van der Waals surface area (Å²) in [5.41, 5.74) is 8.50. The second kappa shape index (κ2) is 3.17. The quantitative estimate of drug-likeness (QED) is 0.705. The van der Waals surface area contributed by atoms with E-state index in [1.165, 1.54) is 11.1 Å². The van der Waals surface area contributed by atoms with Crippen molar-refractivity contribution in [2.45, 2.75) is 12.6 Å². The molecule has 0 radical (unpaired) electrons. The molecular weight excluding hydrogens is 216 g/mol. The Balaban J connectivity index is 2.46. The molecule has 0 saturated carbocycles. The number of hydrogen-bond donors (Lipinski definition) is 2. The van der Waals surface area contributed by atoms with Gasteiger partial charge in [-0.3, -0.25) is 0 Å². The minimum atomic E-state index is 0.154. The third-order valence-electron chi connectivity index (χ3n) is 2.18. The minimum Gasteiger partial charge on any atom is -0.323 e. The SMILES string of the molecule is NC1CNCc2cc(Br)ccc21. The molecular formula is C9H11BrN2. The van der Waals surface area contributed by atoms with Crippen molar-refractivity contribution in [2.24, 2.45) is 5.73 Å². The van der Waals surface area contributed by atoms with Crippen LogP contribution in [0.4, 0.5) is 0 Å². The van der Waals surface area contributed by atoms with E-state index in [1.54, 1.807) is 0 Å². The lowest BCUT2D eigenvalue weighted by atomic mass is 9.98. The predicted octanol–water partition coefficient (Wildman–Crippen LogP) is 1.55. The summed E-state index contributed by atoms with van der Waals surface area (Å²) < 4.78 is 1.12. The molecule has 0 spiro atoms. The second-order valence-corrected chi connectivity index (χ2v) is 4.00. The van der Waals surface area contributed by atoms with Crippen LogP contribution in [-0.4, -0.2) is 6.54 Å². The summed E-state index contributed by atoms with van der Waals surface area (Å²) >= 11 is 3.44. The van der Waals surface area contributed by atoms with E-state index < -0.39 is 0 Å². The van der Waals surface area contributed by atoms with E-state index in [1.807, 2.05) is 6.07 Å². The van der Waals surface area contributed by atoms with Crippen molar-refractivity contribution < 1.29 is 0 Å². The Morgan fingerprint density at radius 2 is 2.33 bits per heavy atom. The summed E-state index contributed by atoms with van der Waals surface area (Å²) in [5.74, 6) is 0. The van der Waals surface area contributed by atoms with Gasteiger partial charge < -0.3 is 11.1 Å². The van der Waals surface area contributed by atoms with Crippen molar-refractivity contribution in [3.63, 3.8) is 0 Å². The van der Waals surface area contributed by atoms with Crippen LogP contribution in [0.2, 0.25) is 0 Å². The van der Waals surface area contributed by atoms with Crippen LogP contribution in [0.25, 0.3) is 0 Å². The van der Waals surface area contributed by atoms with Crippen LogP contribution in [0.3, 0.4) is 0 Å². The highest BCUT2D eigenvalue weighted by Crippen LogP contribution is 2.23. The minimum absolute atomic E-state index is 0.154. The standard InChI is InChI=1S/C9H11BrN2/c10-7-1-2-8-6(3-7)4-12-5-9(8)11/h1-3,9,12H,4-5,11H2. The Hall–Kier alpha value is -0.380. The van der Waals surface area contributed by atoms with Gasteiger partial charge in [0.05, 0.1) is 0 Å². The molecule has 1 heterocycles. The fraction of sp³-hybridized carbons (Fsp3) is 0.333. The highest BCUT2D eigenvalue weighted by molar-refractivity contribution is 9.10. The van der Waals surface area contributed by atoms with Gasteiger partial charge in [0.25, 0.3) is 0 Å². The maximum Gasteiger partial charge on any atom is 0.0425 e. The maximum absolute atomic E-state index is 5.92. The van der Waals surface area contributed by atoms with Crippen LogP contribution in [0.15, 0.2) is 22.7 Å². The van der Waals surface area contributed by atoms with Crippen LogP contribution in [0.1, 0.15) is 17.2 Å². The van der Waals surface area contributed by atoms with Gasteiger partial charge in [0, 0.05) is 23.6 Å². The zero-order chi connectivity index (χ0) is 8.55. The number of fused-ring (bicyclic) bond motifs is 1. The molecule has 1 atom stereocenters. The van der Waals surface area contributed by atoms with Crippen molar-refractivity contribution in [2.75, 3.05) is 6.54 Å². The van der Waals surface area contributed by atoms with E-state index in [0.717, 1.165) is 17.6 Å². The summed E-state index contributed by atoms with van der Waals surface area (Å²) in [6, 6.07) is 6.43. The Morgan fingerprint density at radius 3 is 3.17 bits per heavy atom. The molecule has 1 aromatic rings. The zero-order valence-corrected chi connectivity index (χ0v) is 8.26. The highest BCUT2D eigenvalue weighted by Gasteiger charge is 2.15. The van der Waals surface area contributed by atoms with Gasteiger partial charge in [-0.25, -0.2) is 0 Å². The van der Waals surface area contributed by atoms with Crippen LogP contribution in [0, 0.1) is 0 Å². The topological polar surface area (TPSA) is 38.0 Å². The summed E-state index contributed by atoms with van der Waals surface area (Å²) in [6.07, 6.45) is 0. The van der Waals surface area contributed by atoms with E-state index in [0.29, 0.717) is 0 Å². The Morgan fingerprint density at radius 1 is 1.50 bits per heavy atom. The van der Waals surface area contributed by atoms with Crippen molar-refractivity contribution >= 4 is 15.9 Å². The number of benzene rings is 1. The number of rotatable bonds is 0.